The maximum atomic E-state index is 13.3. The Labute approximate surface area is 173 Å². The van der Waals surface area contributed by atoms with Crippen LogP contribution in [0.1, 0.15) is 15.9 Å². The molecule has 0 unspecified atom stereocenters. The van der Waals surface area contributed by atoms with Crippen LogP contribution in [0.2, 0.25) is 0 Å². The van der Waals surface area contributed by atoms with Gasteiger partial charge >= 0.3 is 0 Å². The SMILES string of the molecule is COCCNC(=O)CNC(=O)c1cn(-c2ccc(F)cc2)nc1-c1cccc(C)c1. The highest BCUT2D eigenvalue weighted by molar-refractivity contribution is 6.01. The van der Waals surface area contributed by atoms with Gasteiger partial charge in [0.25, 0.3) is 5.91 Å². The minimum atomic E-state index is -0.429. The van der Waals surface area contributed by atoms with Crippen LogP contribution in [0.4, 0.5) is 4.39 Å². The fourth-order valence-corrected chi connectivity index (χ4v) is 2.88. The average molecular weight is 410 g/mol. The highest BCUT2D eigenvalue weighted by Gasteiger charge is 2.19. The lowest BCUT2D eigenvalue weighted by Crippen LogP contribution is -2.38. The third-order valence-electron chi connectivity index (χ3n) is 4.38. The number of halogens is 1. The van der Waals surface area contributed by atoms with Crippen LogP contribution < -0.4 is 10.6 Å². The number of nitrogens with one attached hydrogen (secondary N) is 2. The van der Waals surface area contributed by atoms with Crippen LogP contribution >= 0.6 is 0 Å². The van der Waals surface area contributed by atoms with Crippen LogP contribution in [-0.2, 0) is 9.53 Å². The molecule has 0 aliphatic heterocycles. The second-order valence-electron chi connectivity index (χ2n) is 6.71. The Bertz CT molecular complexity index is 1030. The number of ether oxygens (including phenoxy) is 1. The van der Waals surface area contributed by atoms with E-state index in [0.29, 0.717) is 30.1 Å². The summed E-state index contributed by atoms with van der Waals surface area (Å²) < 4.78 is 19.7. The molecule has 0 aliphatic carbocycles. The second-order valence-corrected chi connectivity index (χ2v) is 6.71. The van der Waals surface area contributed by atoms with Crippen LogP contribution in [0.3, 0.4) is 0 Å². The predicted molar refractivity (Wildman–Crippen MR) is 111 cm³/mol. The van der Waals surface area contributed by atoms with E-state index >= 15 is 0 Å². The minimum absolute atomic E-state index is 0.169. The fraction of sp³-hybridized carbons (Fsp3) is 0.227. The summed E-state index contributed by atoms with van der Waals surface area (Å²) in [5.41, 5.74) is 3.19. The first-order chi connectivity index (χ1) is 14.5. The zero-order chi connectivity index (χ0) is 21.5. The third-order valence-corrected chi connectivity index (χ3v) is 4.38. The molecule has 0 radical (unpaired) electrons. The summed E-state index contributed by atoms with van der Waals surface area (Å²) in [6.45, 7) is 2.53. The van der Waals surface area contributed by atoms with Crippen molar-refractivity contribution in [3.8, 4) is 16.9 Å². The van der Waals surface area contributed by atoms with Crippen molar-refractivity contribution in [3.63, 3.8) is 0 Å². The number of methoxy groups -OCH3 is 1. The van der Waals surface area contributed by atoms with E-state index in [9.17, 15) is 14.0 Å². The van der Waals surface area contributed by atoms with E-state index in [0.717, 1.165) is 11.1 Å². The van der Waals surface area contributed by atoms with Crippen molar-refractivity contribution in [1.82, 2.24) is 20.4 Å². The molecule has 30 heavy (non-hydrogen) atoms. The number of aromatic nitrogens is 2. The first-order valence-corrected chi connectivity index (χ1v) is 9.44. The van der Waals surface area contributed by atoms with Crippen molar-refractivity contribution in [2.24, 2.45) is 0 Å². The average Bonchev–Trinajstić information content (AvgIpc) is 3.18. The molecule has 8 heteroatoms. The maximum absolute atomic E-state index is 13.3. The van der Waals surface area contributed by atoms with Crippen molar-refractivity contribution < 1.29 is 18.7 Å². The molecule has 0 spiro atoms. The standard InChI is InChI=1S/C22H23FN4O3/c1-15-4-3-5-16(12-15)21-19(22(29)25-13-20(28)24-10-11-30-2)14-27(26-21)18-8-6-17(23)7-9-18/h3-9,12,14H,10-11,13H2,1-2H3,(H,24,28)(H,25,29). The van der Waals surface area contributed by atoms with Gasteiger partial charge in [-0.15, -0.1) is 0 Å². The summed E-state index contributed by atoms with van der Waals surface area (Å²) in [6, 6.07) is 13.4. The quantitative estimate of drug-likeness (QED) is 0.559. The van der Waals surface area contributed by atoms with Gasteiger partial charge in [0.15, 0.2) is 0 Å². The highest BCUT2D eigenvalue weighted by atomic mass is 19.1. The number of carbonyl (C=O) groups excluding carboxylic acids is 2. The van der Waals surface area contributed by atoms with Crippen LogP contribution in [-0.4, -0.2) is 48.4 Å². The summed E-state index contributed by atoms with van der Waals surface area (Å²) >= 11 is 0. The molecule has 2 N–H and O–H groups in total. The van der Waals surface area contributed by atoms with E-state index in [2.05, 4.69) is 15.7 Å². The largest absolute Gasteiger partial charge is 0.383 e. The Hall–Kier alpha value is -3.52. The highest BCUT2D eigenvalue weighted by Crippen LogP contribution is 2.24. The number of aryl methyl sites for hydroxylation is 1. The molecule has 0 fully saturated rings. The molecule has 0 bridgehead atoms. The molecular formula is C22H23FN4O3. The predicted octanol–water partition coefficient (Wildman–Crippen LogP) is 2.48. The first kappa shape index (κ1) is 21.2. The van der Waals surface area contributed by atoms with Gasteiger partial charge in [-0.3, -0.25) is 9.59 Å². The third kappa shape index (κ3) is 5.30. The van der Waals surface area contributed by atoms with Crippen LogP contribution in [0.15, 0.2) is 54.7 Å². The molecule has 0 saturated carbocycles. The van der Waals surface area contributed by atoms with E-state index in [-0.39, 0.29) is 18.3 Å². The van der Waals surface area contributed by atoms with Crippen molar-refractivity contribution in [3.05, 3.63) is 71.7 Å². The van der Waals surface area contributed by atoms with Gasteiger partial charge in [0.2, 0.25) is 5.91 Å². The summed E-state index contributed by atoms with van der Waals surface area (Å²) in [4.78, 5) is 24.7. The number of carbonyl (C=O) groups is 2. The maximum Gasteiger partial charge on any atom is 0.255 e. The topological polar surface area (TPSA) is 85.3 Å². The summed E-state index contributed by atoms with van der Waals surface area (Å²) in [6.07, 6.45) is 1.57. The van der Waals surface area contributed by atoms with Crippen LogP contribution in [0, 0.1) is 12.7 Å². The summed E-state index contributed by atoms with van der Waals surface area (Å²) in [5, 5.41) is 9.81. The van der Waals surface area contributed by atoms with Gasteiger partial charge in [-0.2, -0.15) is 5.10 Å². The Morgan fingerprint density at radius 1 is 1.13 bits per heavy atom. The lowest BCUT2D eigenvalue weighted by Gasteiger charge is -2.07. The van der Waals surface area contributed by atoms with Gasteiger partial charge in [0.05, 0.1) is 24.4 Å². The van der Waals surface area contributed by atoms with E-state index in [1.165, 1.54) is 16.8 Å². The Morgan fingerprint density at radius 3 is 2.60 bits per heavy atom. The zero-order valence-electron chi connectivity index (χ0n) is 16.8. The number of benzene rings is 2. The number of rotatable bonds is 8. The number of nitrogens with zero attached hydrogens (tertiary/aromatic N) is 2. The Morgan fingerprint density at radius 2 is 1.90 bits per heavy atom. The van der Waals surface area contributed by atoms with Gasteiger partial charge in [0, 0.05) is 25.4 Å². The second kappa shape index (κ2) is 9.80. The normalized spacial score (nSPS) is 10.6. The Kier molecular flexibility index (Phi) is 6.92. The molecule has 1 aromatic heterocycles. The molecule has 2 aromatic carbocycles. The van der Waals surface area contributed by atoms with Crippen molar-refractivity contribution in [1.29, 1.82) is 0 Å². The zero-order valence-corrected chi connectivity index (χ0v) is 16.8. The lowest BCUT2D eigenvalue weighted by atomic mass is 10.1. The summed E-state index contributed by atoms with van der Waals surface area (Å²) in [7, 11) is 1.54. The number of hydrogen-bond donors (Lipinski definition) is 2. The molecule has 0 atom stereocenters. The fourth-order valence-electron chi connectivity index (χ4n) is 2.88. The molecule has 7 nitrogen and oxygen atoms in total. The molecule has 3 aromatic rings. The van der Waals surface area contributed by atoms with E-state index in [1.807, 2.05) is 31.2 Å². The van der Waals surface area contributed by atoms with Crippen molar-refractivity contribution in [2.75, 3.05) is 26.8 Å². The molecule has 0 saturated heterocycles. The van der Waals surface area contributed by atoms with Crippen molar-refractivity contribution in [2.45, 2.75) is 6.92 Å². The molecule has 1 heterocycles. The summed E-state index contributed by atoms with van der Waals surface area (Å²) in [5.74, 6) is -1.10. The van der Waals surface area contributed by atoms with E-state index in [4.69, 9.17) is 4.74 Å². The lowest BCUT2D eigenvalue weighted by molar-refractivity contribution is -0.120. The van der Waals surface area contributed by atoms with Crippen molar-refractivity contribution >= 4 is 11.8 Å². The Balaban J connectivity index is 1.86. The van der Waals surface area contributed by atoms with Crippen LogP contribution in [0.25, 0.3) is 16.9 Å². The number of amides is 2. The molecular weight excluding hydrogens is 387 g/mol. The van der Waals surface area contributed by atoms with Gasteiger partial charge in [-0.25, -0.2) is 9.07 Å². The van der Waals surface area contributed by atoms with Gasteiger partial charge in [-0.05, 0) is 37.3 Å². The first-order valence-electron chi connectivity index (χ1n) is 9.44. The van der Waals surface area contributed by atoms with Gasteiger partial charge in [-0.1, -0.05) is 23.8 Å². The molecule has 2 amide bonds. The van der Waals surface area contributed by atoms with Gasteiger partial charge < -0.3 is 15.4 Å². The van der Waals surface area contributed by atoms with E-state index < -0.39 is 5.91 Å². The molecule has 156 valence electrons. The van der Waals surface area contributed by atoms with E-state index in [1.54, 1.807) is 25.4 Å². The monoisotopic (exact) mass is 410 g/mol. The molecule has 0 aliphatic rings. The van der Waals surface area contributed by atoms with Gasteiger partial charge in [0.1, 0.15) is 11.5 Å². The molecule has 3 rings (SSSR count). The smallest absolute Gasteiger partial charge is 0.255 e. The van der Waals surface area contributed by atoms with Crippen LogP contribution in [0.5, 0.6) is 0 Å². The number of hydrogen-bond acceptors (Lipinski definition) is 4. The minimum Gasteiger partial charge on any atom is -0.383 e.